The number of rotatable bonds is 8. The van der Waals surface area contributed by atoms with Gasteiger partial charge >= 0.3 is 11.9 Å². The third kappa shape index (κ3) is 16.4. The van der Waals surface area contributed by atoms with E-state index in [-0.39, 0.29) is 47.2 Å². The molecule has 1 amide bonds. The third-order valence-electron chi connectivity index (χ3n) is 24.6. The lowest BCUT2D eigenvalue weighted by molar-refractivity contribution is -0.0872. The van der Waals surface area contributed by atoms with Crippen LogP contribution in [-0.4, -0.2) is 288 Å². The Morgan fingerprint density at radius 1 is 0.478 bits per heavy atom. The summed E-state index contributed by atoms with van der Waals surface area (Å²) in [5.74, 6) is -0.801. The largest absolute Gasteiger partial charge is 0.478 e. The fourth-order valence-corrected chi connectivity index (χ4v) is 19.3. The van der Waals surface area contributed by atoms with Crippen LogP contribution in [0.4, 0.5) is 33.1 Å². The first-order chi connectivity index (χ1) is 56.7. The molecule has 4 N–H and O–H groups in total. The van der Waals surface area contributed by atoms with Crippen molar-refractivity contribution in [3.63, 3.8) is 0 Å². The number of piperazine rings is 6. The number of aromatic nitrogens is 6. The average Bonchev–Trinajstić information content (AvgIpc) is 0.740. The Morgan fingerprint density at radius 2 is 0.870 bits per heavy atom. The smallest absolute Gasteiger partial charge is 0.337 e. The fraction of sp³-hybridized carbons (Fsp3) is 0.448. The van der Waals surface area contributed by atoms with E-state index in [0.717, 1.165) is 192 Å². The molecule has 0 unspecified atom stereocenters. The van der Waals surface area contributed by atoms with Crippen molar-refractivity contribution in [2.75, 3.05) is 189 Å². The van der Waals surface area contributed by atoms with E-state index in [1.165, 1.54) is 45.4 Å². The fourth-order valence-electron chi connectivity index (χ4n) is 19.3. The lowest BCUT2D eigenvalue weighted by atomic mass is 9.73. The number of likely N-dealkylation sites (tertiary alicyclic amines) is 3. The number of anilines is 5. The van der Waals surface area contributed by atoms with Crippen LogP contribution < -0.4 is 35.1 Å². The maximum atomic E-state index is 13.1. The van der Waals surface area contributed by atoms with E-state index in [0.29, 0.717) is 74.4 Å². The predicted octanol–water partition coefficient (Wildman–Crippen LogP) is 7.84. The van der Waals surface area contributed by atoms with Crippen LogP contribution in [0.2, 0.25) is 0 Å². The van der Waals surface area contributed by atoms with Gasteiger partial charge in [-0.3, -0.25) is 34.4 Å². The molecule has 596 valence electrons. The van der Waals surface area contributed by atoms with Gasteiger partial charge in [-0.25, -0.2) is 24.5 Å². The SMILES string of the molecule is CN1CC2(CNC2)C1.Cc1cc(C(=O)O)cnc1F.[2H]c1ccc2c(N3C[C@@H]4CN(c5ncc(C(=O)N6CC7(CN(C)C7)C6)cc5C)CCN4[C@H](C)C3)ccc(C#N)c2n1.[2H]c1ccc2c(N3C[C@@H]4CN(c5ncc(C(=O)O)cc5C)CCN4[C@H](C)C3)ccc(C#N)c2n1.[2H]c1ccc2c(N3C[C@@H]4CNCCN4[C@H](C)C3)ccc(C#N)c2n1. The van der Waals surface area contributed by atoms with Gasteiger partial charge in [-0.2, -0.15) is 20.2 Å². The first-order valence-electron chi connectivity index (χ1n) is 41.2. The summed E-state index contributed by atoms with van der Waals surface area (Å²) in [6.45, 7) is 35.1. The average molecular weight is 1560 g/mol. The molecular formula is C87H101FN22O5. The Morgan fingerprint density at radius 3 is 1.26 bits per heavy atom. The highest BCUT2D eigenvalue weighted by molar-refractivity contribution is 5.98. The monoisotopic (exact) mass is 1560 g/mol. The van der Waals surface area contributed by atoms with Crippen molar-refractivity contribution >= 4 is 79.3 Å². The summed E-state index contributed by atoms with van der Waals surface area (Å²) in [4.78, 5) is 86.5. The highest BCUT2D eigenvalue weighted by Crippen LogP contribution is 2.41. The van der Waals surface area contributed by atoms with Gasteiger partial charge in [0.15, 0.2) is 0 Å². The number of pyridine rings is 6. The van der Waals surface area contributed by atoms with Crippen LogP contribution in [0, 0.1) is 71.5 Å². The minimum absolute atomic E-state index is 0.00361. The second-order valence-corrected chi connectivity index (χ2v) is 33.1. The quantitative estimate of drug-likeness (QED) is 0.105. The molecule has 9 aromatic rings. The van der Waals surface area contributed by atoms with Gasteiger partial charge in [0.05, 0.1) is 54.0 Å². The Bertz CT molecular complexity index is 5470. The highest BCUT2D eigenvalue weighted by atomic mass is 19.1. The van der Waals surface area contributed by atoms with Gasteiger partial charge in [0.25, 0.3) is 5.91 Å². The predicted molar refractivity (Wildman–Crippen MR) is 443 cm³/mol. The number of nitriles is 3. The molecule has 19 rings (SSSR count). The number of fused-ring (bicyclic) bond motifs is 6. The lowest BCUT2D eigenvalue weighted by Crippen LogP contribution is -2.72. The molecule has 6 atom stereocenters. The van der Waals surface area contributed by atoms with Gasteiger partial charge in [0.2, 0.25) is 5.95 Å². The van der Waals surface area contributed by atoms with E-state index in [1.54, 1.807) is 36.5 Å². The third-order valence-corrected chi connectivity index (χ3v) is 24.6. The number of hydrogen-bond donors (Lipinski definition) is 4. The van der Waals surface area contributed by atoms with Gasteiger partial charge < -0.3 is 60.0 Å². The number of benzene rings is 3. The number of carboxylic acid groups (broad SMARTS) is 2. The molecule has 27 nitrogen and oxygen atoms in total. The van der Waals surface area contributed by atoms with Gasteiger partial charge in [0, 0.05) is 274 Å². The minimum atomic E-state index is -1.10. The number of halogens is 1. The molecule has 10 fully saturated rings. The molecule has 115 heavy (non-hydrogen) atoms. The number of hydrogen-bond acceptors (Lipinski definition) is 24. The summed E-state index contributed by atoms with van der Waals surface area (Å²) in [6, 6.07) is 36.2. The normalized spacial score (nSPS) is 23.2. The van der Waals surface area contributed by atoms with Gasteiger partial charge in [-0.05, 0) is 158 Å². The molecule has 0 radical (unpaired) electrons. The molecule has 0 aliphatic carbocycles. The first-order valence-corrected chi connectivity index (χ1v) is 39.7. The number of carbonyl (C=O) groups excluding carboxylic acids is 1. The summed E-state index contributed by atoms with van der Waals surface area (Å²) < 4.78 is 36.1. The van der Waals surface area contributed by atoms with Crippen molar-refractivity contribution in [2.45, 2.75) is 77.8 Å². The molecule has 28 heteroatoms. The number of carboxylic acids is 2. The second-order valence-electron chi connectivity index (χ2n) is 33.1. The molecular weight excluding hydrogens is 1450 g/mol. The Balaban J connectivity index is 0.000000127. The van der Waals surface area contributed by atoms with Crippen LogP contribution in [0.3, 0.4) is 0 Å². The van der Waals surface area contributed by atoms with E-state index in [4.69, 9.17) is 14.2 Å². The zero-order valence-electron chi connectivity index (χ0n) is 69.6. The molecule has 16 heterocycles. The van der Waals surface area contributed by atoms with Crippen molar-refractivity contribution in [2.24, 2.45) is 10.8 Å². The Labute approximate surface area is 675 Å². The van der Waals surface area contributed by atoms with Crippen LogP contribution in [0.5, 0.6) is 0 Å². The van der Waals surface area contributed by atoms with Crippen LogP contribution >= 0.6 is 0 Å². The molecule has 6 aromatic heterocycles. The van der Waals surface area contributed by atoms with Crippen molar-refractivity contribution < 1.29 is 33.1 Å². The number of nitrogens with one attached hydrogen (secondary N) is 2. The molecule has 0 saturated carbocycles. The lowest BCUT2D eigenvalue weighted by Gasteiger charge is -2.59. The molecule has 0 bridgehead atoms. The van der Waals surface area contributed by atoms with E-state index < -0.39 is 17.9 Å². The zero-order valence-corrected chi connectivity index (χ0v) is 66.6. The van der Waals surface area contributed by atoms with Crippen molar-refractivity contribution in [1.29, 1.82) is 15.8 Å². The topological polar surface area (TPSA) is 300 Å². The van der Waals surface area contributed by atoms with E-state index in [2.05, 4.69) is 145 Å². The number of aryl methyl sites for hydroxylation is 3. The molecule has 10 aliphatic heterocycles. The standard InChI is InChI=1S/C31H36N8O.C25H26N6O2.C18H21N5.C7H6FNO2.C6H12N2/c1-21-11-24(30(40)38-19-31(20-38)17-35(3)18-31)13-34-29(21)36-9-10-39-22(2)14-37(16-25(39)15-36)27-7-6-23(12-32)28-26(27)5-4-8-33-28;1-16-10-19(25(32)33)12-28-24(16)29-8-9-31-17(2)13-30(15-20(31)14-29)22-6-5-18(11-26)23-21(22)4-3-7-27-23;1-13-11-22(12-15-10-20-7-8-23(13)15)17-5-4-14(9-19)18-16(17)3-2-6-21-18;1-4-2-5(7(10)11)3-9-6(4)8;1-8-4-6(5-8)2-7-3-6/h4-8,11,13,22,25H,9-10,14-20H2,1-3H3;3-7,10,12,17,20H,8-9,13-15H2,1-2H3,(H,32,33);2-6,13,15,20H,7-8,10-12H2,1H3;2-3H,1H3,(H,10,11);7H,2-5H2,1H3/t22-,25+;17-,20+;13-,15+;;/m111../s1/i8D;7D;6D;;. The summed E-state index contributed by atoms with van der Waals surface area (Å²) in [5.41, 5.74) is 10.6. The van der Waals surface area contributed by atoms with Crippen LogP contribution in [-0.2, 0) is 0 Å². The van der Waals surface area contributed by atoms with Gasteiger partial charge in [-0.1, -0.05) is 0 Å². The summed E-state index contributed by atoms with van der Waals surface area (Å²) in [6.07, 6.45) is 4.71. The summed E-state index contributed by atoms with van der Waals surface area (Å²) >= 11 is 0. The number of nitrogens with zero attached hydrogens (tertiary/aromatic N) is 20. The Hall–Kier alpha value is -11.1. The van der Waals surface area contributed by atoms with Gasteiger partial charge in [0.1, 0.15) is 29.8 Å². The molecule has 10 aliphatic rings. The maximum absolute atomic E-state index is 13.1. The number of amides is 1. The van der Waals surface area contributed by atoms with E-state index >= 15 is 0 Å². The zero-order chi connectivity index (χ0) is 83.2. The van der Waals surface area contributed by atoms with Crippen LogP contribution in [0.15, 0.2) is 128 Å². The minimum Gasteiger partial charge on any atom is -0.478 e. The van der Waals surface area contributed by atoms with Crippen molar-refractivity contribution in [1.82, 2.24) is 69.9 Å². The number of aromatic carboxylic acids is 2. The van der Waals surface area contributed by atoms with Crippen molar-refractivity contribution in [3.8, 4) is 18.2 Å². The first kappa shape index (κ1) is 75.2. The molecule has 10 saturated heterocycles. The maximum Gasteiger partial charge on any atom is 0.337 e. The molecule has 3 aromatic carbocycles. The summed E-state index contributed by atoms with van der Waals surface area (Å²) in [5, 5.41) is 55.7. The van der Waals surface area contributed by atoms with Crippen molar-refractivity contribution in [3.05, 3.63) is 184 Å². The molecule has 2 spiro atoms. The van der Waals surface area contributed by atoms with E-state index in [9.17, 15) is 39.7 Å². The van der Waals surface area contributed by atoms with Gasteiger partial charge in [-0.15, -0.1) is 0 Å². The van der Waals surface area contributed by atoms with Crippen LogP contribution in [0.1, 0.15) is 89.3 Å². The van der Waals surface area contributed by atoms with E-state index in [1.807, 2.05) is 66.4 Å². The number of carbonyl (C=O) groups is 3. The van der Waals surface area contributed by atoms with Crippen LogP contribution in [0.25, 0.3) is 32.7 Å². The second kappa shape index (κ2) is 33.4. The summed E-state index contributed by atoms with van der Waals surface area (Å²) in [7, 11) is 4.32. The Kier molecular flexibility index (Phi) is 21.8. The highest BCUT2D eigenvalue weighted by Gasteiger charge is 2.52.